The van der Waals surface area contributed by atoms with Crippen molar-refractivity contribution < 1.29 is 19.1 Å². The third-order valence-corrected chi connectivity index (χ3v) is 10.4. The molecule has 0 saturated carbocycles. The maximum atomic E-state index is 14.0. The van der Waals surface area contributed by atoms with Crippen LogP contribution in [0.4, 0.5) is 17.3 Å². The number of aromatic nitrogens is 4. The van der Waals surface area contributed by atoms with Crippen molar-refractivity contribution in [1.29, 1.82) is 0 Å². The zero-order chi connectivity index (χ0) is 34.4. The number of nitrogens with zero attached hydrogens (tertiary/aromatic N) is 6. The Morgan fingerprint density at radius 1 is 1.02 bits per heavy atom. The van der Waals surface area contributed by atoms with Gasteiger partial charge in [0.15, 0.2) is 0 Å². The molecule has 8 rings (SSSR count). The lowest BCUT2D eigenvalue weighted by Gasteiger charge is -2.38. The van der Waals surface area contributed by atoms with Crippen LogP contribution in [0.1, 0.15) is 59.1 Å². The van der Waals surface area contributed by atoms with Gasteiger partial charge in [-0.25, -0.2) is 9.97 Å². The first kappa shape index (κ1) is 32.2. The number of esters is 1. The van der Waals surface area contributed by atoms with Crippen LogP contribution in [0.15, 0.2) is 59.8 Å². The van der Waals surface area contributed by atoms with Crippen LogP contribution in [0.3, 0.4) is 0 Å². The summed E-state index contributed by atoms with van der Waals surface area (Å²) in [5.41, 5.74) is 7.67. The molecule has 0 aromatic carbocycles. The second-order valence-corrected chi connectivity index (χ2v) is 13.5. The highest BCUT2D eigenvalue weighted by Crippen LogP contribution is 2.35. The number of ether oxygens (including phenoxy) is 2. The van der Waals surface area contributed by atoms with Crippen molar-refractivity contribution in [3.63, 3.8) is 0 Å². The number of nitrogens with one attached hydrogen (secondary N) is 1. The van der Waals surface area contributed by atoms with Gasteiger partial charge < -0.3 is 23.9 Å². The molecule has 12 nitrogen and oxygen atoms in total. The molecule has 0 unspecified atom stereocenters. The summed E-state index contributed by atoms with van der Waals surface area (Å²) in [5.74, 6) is 0.434. The summed E-state index contributed by atoms with van der Waals surface area (Å²) in [5, 5.41) is 3.23. The highest BCUT2D eigenvalue weighted by molar-refractivity contribution is 6.06. The number of anilines is 3. The topological polar surface area (TPSA) is 124 Å². The number of aryl methyl sites for hydroxylation is 2. The van der Waals surface area contributed by atoms with E-state index < -0.39 is 5.97 Å². The van der Waals surface area contributed by atoms with Gasteiger partial charge in [0.2, 0.25) is 0 Å². The molecule has 1 saturated heterocycles. The van der Waals surface area contributed by atoms with Crippen molar-refractivity contribution in [2.45, 2.75) is 58.2 Å². The van der Waals surface area contributed by atoms with Gasteiger partial charge >= 0.3 is 5.97 Å². The van der Waals surface area contributed by atoms with E-state index >= 15 is 0 Å². The van der Waals surface area contributed by atoms with E-state index in [9.17, 15) is 14.4 Å². The van der Waals surface area contributed by atoms with Gasteiger partial charge in [0.1, 0.15) is 29.6 Å². The minimum Gasteiger partial charge on any atom is -0.461 e. The van der Waals surface area contributed by atoms with Gasteiger partial charge in [-0.05, 0) is 84.7 Å². The van der Waals surface area contributed by atoms with Gasteiger partial charge in [0, 0.05) is 75.6 Å². The fourth-order valence-electron chi connectivity index (χ4n) is 7.60. The summed E-state index contributed by atoms with van der Waals surface area (Å²) < 4.78 is 14.6. The van der Waals surface area contributed by atoms with Crippen LogP contribution in [-0.2, 0) is 47.3 Å². The van der Waals surface area contributed by atoms with Crippen molar-refractivity contribution >= 4 is 34.8 Å². The molecule has 1 N–H and O–H groups in total. The first-order valence-corrected chi connectivity index (χ1v) is 17.4. The summed E-state index contributed by atoms with van der Waals surface area (Å²) in [6, 6.07) is 10.1. The maximum Gasteiger partial charge on any atom is 0.302 e. The fraction of sp³-hybridized carbons (Fsp3) is 0.395. The van der Waals surface area contributed by atoms with Crippen LogP contribution in [-0.4, -0.2) is 74.8 Å². The zero-order valence-corrected chi connectivity index (χ0v) is 28.5. The molecule has 50 heavy (non-hydrogen) atoms. The number of hydrogen-bond donors (Lipinski definition) is 1. The predicted molar refractivity (Wildman–Crippen MR) is 189 cm³/mol. The van der Waals surface area contributed by atoms with Gasteiger partial charge in [-0.1, -0.05) is 6.08 Å². The Morgan fingerprint density at radius 2 is 1.88 bits per heavy atom. The number of pyridine rings is 3. The summed E-state index contributed by atoms with van der Waals surface area (Å²) in [6.07, 6.45) is 12.7. The van der Waals surface area contributed by atoms with Gasteiger partial charge in [0.05, 0.1) is 19.3 Å². The lowest BCUT2D eigenvalue weighted by Crippen LogP contribution is -2.50. The van der Waals surface area contributed by atoms with Crippen molar-refractivity contribution in [3.8, 4) is 11.1 Å². The third-order valence-electron chi connectivity index (χ3n) is 10.4. The molecule has 0 spiro atoms. The number of carbonyl (C=O) groups excluding carboxylic acids is 2. The highest BCUT2D eigenvalue weighted by atomic mass is 16.5. The molecule has 0 atom stereocenters. The van der Waals surface area contributed by atoms with Crippen LogP contribution in [0.5, 0.6) is 0 Å². The molecule has 258 valence electrons. The first-order valence-electron chi connectivity index (χ1n) is 17.4. The minimum absolute atomic E-state index is 0.0776. The Labute approximate surface area is 290 Å². The quantitative estimate of drug-likeness (QED) is 0.270. The predicted octanol–water partition coefficient (Wildman–Crippen LogP) is 4.48. The van der Waals surface area contributed by atoms with Crippen LogP contribution < -0.4 is 15.8 Å². The van der Waals surface area contributed by atoms with Crippen molar-refractivity contribution in [2.24, 2.45) is 7.05 Å². The third kappa shape index (κ3) is 6.02. The van der Waals surface area contributed by atoms with E-state index in [-0.39, 0.29) is 18.1 Å². The minimum atomic E-state index is -0.441. The van der Waals surface area contributed by atoms with Gasteiger partial charge in [-0.3, -0.25) is 24.2 Å². The SMILES string of the molecule is CC(=O)OCc1c(-c2cc(Nc3ccc(C4=CCN(C5COC5)CC4)cn3)c(=O)n(C)c2)ccnc1N1CCn2c(cc3c2CCCC3)C1=O. The van der Waals surface area contributed by atoms with Crippen molar-refractivity contribution in [1.82, 2.24) is 24.0 Å². The molecule has 1 amide bonds. The van der Waals surface area contributed by atoms with E-state index in [2.05, 4.69) is 30.8 Å². The van der Waals surface area contributed by atoms with E-state index in [4.69, 9.17) is 9.47 Å². The van der Waals surface area contributed by atoms with E-state index in [1.54, 1.807) is 30.4 Å². The molecule has 7 heterocycles. The smallest absolute Gasteiger partial charge is 0.302 e. The maximum absolute atomic E-state index is 14.0. The summed E-state index contributed by atoms with van der Waals surface area (Å²) in [4.78, 5) is 52.8. The largest absolute Gasteiger partial charge is 0.461 e. The highest BCUT2D eigenvalue weighted by Gasteiger charge is 2.33. The van der Waals surface area contributed by atoms with E-state index in [0.29, 0.717) is 58.8 Å². The number of hydrogen-bond acceptors (Lipinski definition) is 9. The molecule has 4 aliphatic rings. The Hall–Kier alpha value is -5.07. The second kappa shape index (κ2) is 13.3. The summed E-state index contributed by atoms with van der Waals surface area (Å²) in [6.45, 7) is 5.93. The number of amides is 1. The molecule has 3 aliphatic heterocycles. The van der Waals surface area contributed by atoms with Gasteiger partial charge in [-0.2, -0.15) is 0 Å². The van der Waals surface area contributed by atoms with Crippen LogP contribution in [0.25, 0.3) is 16.7 Å². The van der Waals surface area contributed by atoms with Crippen molar-refractivity contribution in [3.05, 3.63) is 93.4 Å². The second-order valence-electron chi connectivity index (χ2n) is 13.5. The molecule has 0 bridgehead atoms. The summed E-state index contributed by atoms with van der Waals surface area (Å²) >= 11 is 0. The monoisotopic (exact) mass is 675 g/mol. The number of rotatable bonds is 8. The average molecular weight is 676 g/mol. The fourth-order valence-corrected chi connectivity index (χ4v) is 7.60. The van der Waals surface area contributed by atoms with E-state index in [1.165, 1.54) is 28.3 Å². The number of carbonyl (C=O) groups is 2. The van der Waals surface area contributed by atoms with Crippen LogP contribution in [0.2, 0.25) is 0 Å². The number of fused-ring (bicyclic) bond motifs is 3. The van der Waals surface area contributed by atoms with E-state index in [1.807, 2.05) is 30.5 Å². The van der Waals surface area contributed by atoms with E-state index in [0.717, 1.165) is 64.0 Å². The summed E-state index contributed by atoms with van der Waals surface area (Å²) in [7, 11) is 1.69. The average Bonchev–Trinajstić information content (AvgIpc) is 3.49. The Kier molecular flexibility index (Phi) is 8.57. The molecule has 1 fully saturated rings. The van der Waals surface area contributed by atoms with Gasteiger partial charge in [0.25, 0.3) is 11.5 Å². The molecule has 4 aromatic rings. The van der Waals surface area contributed by atoms with Crippen LogP contribution >= 0.6 is 0 Å². The Morgan fingerprint density at radius 3 is 2.62 bits per heavy atom. The standard InChI is InChI=1S/C38H41N7O5/c1-24(46)50-23-31-30(9-12-39-36(31)45-16-15-44-33-6-4-3-5-26(33)18-34(44)38(45)48)28-17-32(37(47)42(2)20-28)41-35-8-7-27(19-40-35)25-10-13-43(14-11-25)29-21-49-22-29/h7-10,12,17-20,29H,3-6,11,13-16,21-23H2,1-2H3,(H,40,41). The molecule has 0 radical (unpaired) electrons. The Bertz CT molecular complexity index is 2060. The van der Waals surface area contributed by atoms with Crippen LogP contribution in [0, 0.1) is 0 Å². The first-order chi connectivity index (χ1) is 24.3. The zero-order valence-electron chi connectivity index (χ0n) is 28.5. The molecule has 1 aliphatic carbocycles. The molecular formula is C38H41N7O5. The molecular weight excluding hydrogens is 634 g/mol. The lowest BCUT2D eigenvalue weighted by molar-refractivity contribution is -0.142. The molecule has 12 heteroatoms. The van der Waals surface area contributed by atoms with Gasteiger partial charge in [-0.15, -0.1) is 0 Å². The Balaban J connectivity index is 1.08. The lowest BCUT2D eigenvalue weighted by atomic mass is 9.98. The van der Waals surface area contributed by atoms with Crippen molar-refractivity contribution in [2.75, 3.05) is 43.1 Å². The normalized spacial score (nSPS) is 17.8. The molecule has 4 aromatic heterocycles.